The number of para-hydroxylation sites is 1. The van der Waals surface area contributed by atoms with E-state index in [1.807, 2.05) is 30.3 Å². The lowest BCUT2D eigenvalue weighted by Gasteiger charge is -2.26. The van der Waals surface area contributed by atoms with Gasteiger partial charge in [0, 0.05) is 13.3 Å². The summed E-state index contributed by atoms with van der Waals surface area (Å²) in [6, 6.07) is 13.9. The number of fused-ring (bicyclic) bond motifs is 2. The fourth-order valence-corrected chi connectivity index (χ4v) is 4.00. The summed E-state index contributed by atoms with van der Waals surface area (Å²) in [5, 5.41) is 0. The predicted molar refractivity (Wildman–Crippen MR) is 106 cm³/mol. The Morgan fingerprint density at radius 2 is 1.83 bits per heavy atom. The fourth-order valence-electron chi connectivity index (χ4n) is 4.00. The van der Waals surface area contributed by atoms with Crippen LogP contribution in [-0.2, 0) is 20.9 Å². The molecule has 0 radical (unpaired) electrons. The third-order valence-corrected chi connectivity index (χ3v) is 5.33. The minimum absolute atomic E-state index is 0.172. The van der Waals surface area contributed by atoms with Crippen molar-refractivity contribution in [1.29, 1.82) is 0 Å². The maximum absolute atomic E-state index is 13.5. The summed E-state index contributed by atoms with van der Waals surface area (Å²) in [5.74, 6) is -0.0691. The van der Waals surface area contributed by atoms with Gasteiger partial charge in [-0.25, -0.2) is 0 Å². The van der Waals surface area contributed by atoms with Crippen LogP contribution >= 0.6 is 0 Å². The van der Waals surface area contributed by atoms with Gasteiger partial charge in [0.05, 0.1) is 31.5 Å². The third kappa shape index (κ3) is 3.55. The molecule has 0 aromatic heterocycles. The quantitative estimate of drug-likeness (QED) is 0.745. The molecule has 0 bridgehead atoms. The van der Waals surface area contributed by atoms with Crippen molar-refractivity contribution < 1.29 is 23.9 Å². The van der Waals surface area contributed by atoms with E-state index >= 15 is 0 Å². The van der Waals surface area contributed by atoms with Gasteiger partial charge < -0.3 is 19.3 Å². The highest BCUT2D eigenvalue weighted by Gasteiger charge is 2.46. The van der Waals surface area contributed by atoms with E-state index in [1.165, 1.54) is 11.8 Å². The van der Waals surface area contributed by atoms with Gasteiger partial charge in [0.15, 0.2) is 0 Å². The van der Waals surface area contributed by atoms with Crippen molar-refractivity contribution in [2.45, 2.75) is 32.0 Å². The molecule has 0 spiro atoms. The molecule has 4 rings (SSSR count). The number of nitrogens with zero attached hydrogens (tertiary/aromatic N) is 2. The van der Waals surface area contributed by atoms with Crippen molar-refractivity contribution in [3.8, 4) is 5.75 Å². The lowest BCUT2D eigenvalue weighted by molar-refractivity contribution is -0.145. The second-order valence-electron chi connectivity index (χ2n) is 7.23. The molecule has 7 nitrogen and oxygen atoms in total. The average Bonchev–Trinajstić information content (AvgIpc) is 3.11. The van der Waals surface area contributed by atoms with Crippen LogP contribution in [-0.4, -0.2) is 48.5 Å². The first-order valence-electron chi connectivity index (χ1n) is 9.49. The number of methoxy groups -OCH3 is 1. The van der Waals surface area contributed by atoms with Crippen molar-refractivity contribution in [3.05, 3.63) is 59.7 Å². The Balaban J connectivity index is 1.70. The van der Waals surface area contributed by atoms with Crippen molar-refractivity contribution in [1.82, 2.24) is 4.90 Å². The van der Waals surface area contributed by atoms with Crippen LogP contribution in [0, 0.1) is 0 Å². The molecular weight excluding hydrogens is 372 g/mol. The zero-order chi connectivity index (χ0) is 20.5. The van der Waals surface area contributed by atoms with Gasteiger partial charge in [-0.05, 0) is 29.8 Å². The Labute approximate surface area is 168 Å². The van der Waals surface area contributed by atoms with Gasteiger partial charge in [0.2, 0.25) is 5.91 Å². The van der Waals surface area contributed by atoms with Gasteiger partial charge in [0.1, 0.15) is 17.9 Å². The molecule has 2 aromatic carbocycles. The van der Waals surface area contributed by atoms with Crippen molar-refractivity contribution in [3.63, 3.8) is 0 Å². The molecule has 150 valence electrons. The van der Waals surface area contributed by atoms with Crippen molar-refractivity contribution >= 4 is 23.5 Å². The zero-order valence-electron chi connectivity index (χ0n) is 16.3. The predicted octanol–water partition coefficient (Wildman–Crippen LogP) is 2.39. The second-order valence-corrected chi connectivity index (χ2v) is 7.23. The van der Waals surface area contributed by atoms with E-state index in [9.17, 15) is 14.4 Å². The minimum Gasteiger partial charge on any atom is -0.497 e. The molecule has 1 saturated heterocycles. The minimum atomic E-state index is -0.655. The molecule has 0 N–H and O–H groups in total. The van der Waals surface area contributed by atoms with Gasteiger partial charge in [-0.2, -0.15) is 0 Å². The molecule has 2 aromatic rings. The summed E-state index contributed by atoms with van der Waals surface area (Å²) in [4.78, 5) is 41.2. The van der Waals surface area contributed by atoms with Crippen LogP contribution in [0.1, 0.15) is 29.3 Å². The number of benzene rings is 2. The third-order valence-electron chi connectivity index (χ3n) is 5.33. The van der Waals surface area contributed by atoms with E-state index < -0.39 is 18.1 Å². The summed E-state index contributed by atoms with van der Waals surface area (Å²) in [7, 11) is 1.60. The van der Waals surface area contributed by atoms with Crippen LogP contribution in [0.4, 0.5) is 5.69 Å². The standard InChI is InChI=1S/C22H22N2O5/c1-14(25)29-17-11-20-22(27)23(12-15-7-9-16(28-2)10-8-15)19-6-4-3-5-18(19)21(26)24(20)13-17/h3-10,17,20H,11-13H2,1-2H3/t17-,20+/m1/s1. The Hall–Kier alpha value is -3.35. The number of carbonyl (C=O) groups excluding carboxylic acids is 3. The van der Waals surface area contributed by atoms with E-state index in [0.29, 0.717) is 24.2 Å². The molecule has 2 heterocycles. The monoisotopic (exact) mass is 394 g/mol. The van der Waals surface area contributed by atoms with Gasteiger partial charge in [-0.15, -0.1) is 0 Å². The number of hydrogen-bond donors (Lipinski definition) is 0. The number of esters is 1. The Morgan fingerprint density at radius 1 is 1.10 bits per heavy atom. The highest BCUT2D eigenvalue weighted by molar-refractivity contribution is 6.11. The number of amides is 2. The molecule has 2 aliphatic heterocycles. The van der Waals surface area contributed by atoms with Gasteiger partial charge in [0.25, 0.3) is 5.91 Å². The molecule has 2 atom stereocenters. The first kappa shape index (κ1) is 19.0. The van der Waals surface area contributed by atoms with Crippen molar-refractivity contribution in [2.75, 3.05) is 18.6 Å². The Kier molecular flexibility index (Phi) is 4.96. The number of hydrogen-bond acceptors (Lipinski definition) is 5. The molecular formula is C22H22N2O5. The number of rotatable bonds is 4. The summed E-state index contributed by atoms with van der Waals surface area (Å²) in [6.07, 6.45) is -0.171. The van der Waals surface area contributed by atoms with E-state index in [4.69, 9.17) is 9.47 Å². The summed E-state index contributed by atoms with van der Waals surface area (Å²) < 4.78 is 10.5. The molecule has 7 heteroatoms. The summed E-state index contributed by atoms with van der Waals surface area (Å²) >= 11 is 0. The van der Waals surface area contributed by atoms with Crippen LogP contribution in [0.3, 0.4) is 0 Å². The van der Waals surface area contributed by atoms with E-state index in [2.05, 4.69) is 0 Å². The zero-order valence-corrected chi connectivity index (χ0v) is 16.3. The van der Waals surface area contributed by atoms with E-state index in [0.717, 1.165) is 11.3 Å². The Morgan fingerprint density at radius 3 is 2.52 bits per heavy atom. The van der Waals surface area contributed by atoms with Crippen LogP contribution in [0.5, 0.6) is 5.75 Å². The van der Waals surface area contributed by atoms with Crippen LogP contribution in [0.15, 0.2) is 48.5 Å². The molecule has 0 aliphatic carbocycles. The van der Waals surface area contributed by atoms with Crippen LogP contribution in [0.2, 0.25) is 0 Å². The molecule has 0 saturated carbocycles. The van der Waals surface area contributed by atoms with Gasteiger partial charge >= 0.3 is 5.97 Å². The first-order chi connectivity index (χ1) is 14.0. The second kappa shape index (κ2) is 7.58. The lowest BCUT2D eigenvalue weighted by atomic mass is 10.1. The molecule has 0 unspecified atom stereocenters. The van der Waals surface area contributed by atoms with Gasteiger partial charge in [-0.3, -0.25) is 14.4 Å². The van der Waals surface area contributed by atoms with Crippen LogP contribution in [0.25, 0.3) is 0 Å². The fraction of sp³-hybridized carbons (Fsp3) is 0.318. The highest BCUT2D eigenvalue weighted by atomic mass is 16.5. The highest BCUT2D eigenvalue weighted by Crippen LogP contribution is 2.34. The maximum Gasteiger partial charge on any atom is 0.302 e. The Bertz CT molecular complexity index is 956. The lowest BCUT2D eigenvalue weighted by Crippen LogP contribution is -2.44. The largest absolute Gasteiger partial charge is 0.497 e. The van der Waals surface area contributed by atoms with E-state index in [1.54, 1.807) is 30.2 Å². The molecule has 1 fully saturated rings. The number of anilines is 1. The number of carbonyl (C=O) groups is 3. The molecule has 29 heavy (non-hydrogen) atoms. The van der Waals surface area contributed by atoms with E-state index in [-0.39, 0.29) is 18.4 Å². The van der Waals surface area contributed by atoms with Crippen molar-refractivity contribution in [2.24, 2.45) is 0 Å². The smallest absolute Gasteiger partial charge is 0.302 e. The first-order valence-corrected chi connectivity index (χ1v) is 9.49. The summed E-state index contributed by atoms with van der Waals surface area (Å²) in [6.45, 7) is 1.88. The average molecular weight is 394 g/mol. The topological polar surface area (TPSA) is 76.2 Å². The van der Waals surface area contributed by atoms with Gasteiger partial charge in [-0.1, -0.05) is 24.3 Å². The summed E-state index contributed by atoms with van der Waals surface area (Å²) in [5.41, 5.74) is 1.99. The molecule has 2 amide bonds. The maximum atomic E-state index is 13.5. The normalized spacial score (nSPS) is 20.8. The SMILES string of the molecule is COc1ccc(CN2C(=O)[C@@H]3C[C@@H](OC(C)=O)CN3C(=O)c3ccccc32)cc1. The molecule has 2 aliphatic rings. The van der Waals surface area contributed by atoms with Crippen LogP contribution < -0.4 is 9.64 Å². The number of ether oxygens (including phenoxy) is 2.